The van der Waals surface area contributed by atoms with Crippen molar-refractivity contribution in [3.05, 3.63) is 48.0 Å². The number of nitrogens with one attached hydrogen (secondary N) is 12. The second kappa shape index (κ2) is 37.2. The number of aromatic amines is 1. The molecule has 11 atom stereocenters. The largest absolute Gasteiger partial charge is 0.508 e. The highest BCUT2D eigenvalue weighted by Crippen LogP contribution is 2.27. The number of aliphatic hydroxyl groups is 1. The van der Waals surface area contributed by atoms with Gasteiger partial charge in [0, 0.05) is 60.7 Å². The first-order valence-electron chi connectivity index (χ1n) is 29.4. The molecule has 3 fully saturated rings. The number of rotatable bonds is 18. The zero-order valence-electron chi connectivity index (χ0n) is 50.7. The highest BCUT2D eigenvalue weighted by atomic mass is 33.1. The summed E-state index contributed by atoms with van der Waals surface area (Å²) < 4.78 is 0. The SMILES string of the molecule is CC(C)C[C@@H]1NC(=O)[C@H](CCCCN)NC(=O)[C@H](Cc2ccc(O)cc2)NC(=O)CNC(=O)[C@@H]2CSSC[C@H](NC1=O)C(=O)N[C@@H](Cc1cnc[nH]1)C(=O)N1C[C@H](O)C[C@H]1C(=O)N[C@H](C(N)=O)CSSC[C@H](NC(=O)[C@@H](NC(=O)CNC(=O)CN)C(C)C)C(=O)N2. The number of H-pyrrole nitrogens is 1. The Hall–Kier alpha value is -7.38. The third kappa shape index (κ3) is 24.3. The maximum Gasteiger partial charge on any atom is 0.246 e. The molecule has 32 nitrogen and oxygen atoms in total. The Balaban J connectivity index is 1.63. The van der Waals surface area contributed by atoms with Crippen molar-refractivity contribution in [3.63, 3.8) is 0 Å². The molecule has 0 aliphatic carbocycles. The van der Waals surface area contributed by atoms with Gasteiger partial charge in [0.1, 0.15) is 66.2 Å². The number of primary amides is 1. The van der Waals surface area contributed by atoms with E-state index >= 15 is 0 Å². The van der Waals surface area contributed by atoms with Crippen LogP contribution >= 0.6 is 43.2 Å². The number of hydrogen-bond acceptors (Lipinski definition) is 22. The van der Waals surface area contributed by atoms with Gasteiger partial charge in [0.2, 0.25) is 76.8 Å². The van der Waals surface area contributed by atoms with E-state index in [0.717, 1.165) is 48.1 Å². The van der Waals surface area contributed by atoms with E-state index in [4.69, 9.17) is 17.2 Å². The molecule has 3 aliphatic heterocycles. The number of imidazole rings is 1. The Kier molecular flexibility index (Phi) is 30.4. The Bertz CT molecular complexity index is 2880. The van der Waals surface area contributed by atoms with E-state index in [2.05, 4.69) is 68.5 Å². The lowest BCUT2D eigenvalue weighted by atomic mass is 10.0. The summed E-state index contributed by atoms with van der Waals surface area (Å²) in [6, 6.07) is -8.85. The van der Waals surface area contributed by atoms with Gasteiger partial charge in [0.25, 0.3) is 0 Å². The number of benzene rings is 1. The number of aliphatic hydroxyl groups excluding tert-OH is 1. The fourth-order valence-electron chi connectivity index (χ4n) is 9.51. The van der Waals surface area contributed by atoms with Crippen LogP contribution in [0, 0.1) is 11.8 Å². The predicted octanol–water partition coefficient (Wildman–Crippen LogP) is -5.48. The molecule has 20 N–H and O–H groups in total. The maximum atomic E-state index is 14.9. The van der Waals surface area contributed by atoms with Crippen LogP contribution in [-0.2, 0) is 75.2 Å². The molecular formula is C55H83N17O15S4. The summed E-state index contributed by atoms with van der Waals surface area (Å²) in [4.78, 5) is 191. The van der Waals surface area contributed by atoms with Crippen LogP contribution in [0.5, 0.6) is 5.75 Å². The molecule has 36 heteroatoms. The van der Waals surface area contributed by atoms with Crippen LogP contribution in [0.1, 0.15) is 71.1 Å². The predicted molar refractivity (Wildman–Crippen MR) is 339 cm³/mol. The zero-order chi connectivity index (χ0) is 66.9. The van der Waals surface area contributed by atoms with Crippen molar-refractivity contribution >= 4 is 120 Å². The summed E-state index contributed by atoms with van der Waals surface area (Å²) in [5, 5.41) is 49.6. The molecule has 1 aromatic heterocycles. The van der Waals surface area contributed by atoms with Gasteiger partial charge in [-0.25, -0.2) is 4.98 Å². The van der Waals surface area contributed by atoms with Gasteiger partial charge in [-0.15, -0.1) is 0 Å². The van der Waals surface area contributed by atoms with Gasteiger partial charge in [-0.1, -0.05) is 83.0 Å². The third-order valence-electron chi connectivity index (χ3n) is 14.4. The van der Waals surface area contributed by atoms with Crippen LogP contribution < -0.4 is 75.7 Å². The van der Waals surface area contributed by atoms with Crippen LogP contribution in [0.25, 0.3) is 0 Å². The number of carbonyl (C=O) groups excluding carboxylic acids is 13. The molecule has 3 aliphatic rings. The summed E-state index contributed by atoms with van der Waals surface area (Å²) in [6.45, 7) is 4.80. The number of aromatic hydroxyl groups is 1. The molecule has 91 heavy (non-hydrogen) atoms. The lowest BCUT2D eigenvalue weighted by molar-refractivity contribution is -0.142. The van der Waals surface area contributed by atoms with Gasteiger partial charge in [-0.3, -0.25) is 62.3 Å². The van der Waals surface area contributed by atoms with E-state index in [1.807, 2.05) is 0 Å². The number of aromatic nitrogens is 2. The molecule has 1 aromatic carbocycles. The van der Waals surface area contributed by atoms with Crippen molar-refractivity contribution in [2.75, 3.05) is 55.7 Å². The number of phenolic OH excluding ortho intramolecular Hbond substituents is 1. The number of hydrogen-bond donors (Lipinski definition) is 17. The molecule has 0 saturated carbocycles. The summed E-state index contributed by atoms with van der Waals surface area (Å²) in [5.74, 6) is -13.7. The molecule has 2 aromatic rings. The van der Waals surface area contributed by atoms with E-state index in [-0.39, 0.29) is 73.3 Å². The molecule has 5 rings (SSSR count). The summed E-state index contributed by atoms with van der Waals surface area (Å²) >= 11 is 0. The minimum Gasteiger partial charge on any atom is -0.508 e. The Labute approximate surface area is 540 Å². The highest BCUT2D eigenvalue weighted by molar-refractivity contribution is 8.77. The average molecular weight is 1350 g/mol. The van der Waals surface area contributed by atoms with E-state index in [0.29, 0.717) is 24.1 Å². The Morgan fingerprint density at radius 2 is 1.33 bits per heavy atom. The minimum absolute atomic E-state index is 0.00807. The van der Waals surface area contributed by atoms with Gasteiger partial charge in [-0.2, -0.15) is 0 Å². The van der Waals surface area contributed by atoms with Crippen LogP contribution in [0.15, 0.2) is 36.8 Å². The minimum atomic E-state index is -1.59. The number of amides is 13. The molecule has 0 spiro atoms. The summed E-state index contributed by atoms with van der Waals surface area (Å²) in [6.07, 6.45) is 1.44. The van der Waals surface area contributed by atoms with Crippen molar-refractivity contribution in [1.29, 1.82) is 0 Å². The monoisotopic (exact) mass is 1350 g/mol. The van der Waals surface area contributed by atoms with E-state index in [1.54, 1.807) is 27.7 Å². The molecule has 4 heterocycles. The molecule has 0 radical (unpaired) electrons. The third-order valence-corrected chi connectivity index (χ3v) is 19.2. The lowest BCUT2D eigenvalue weighted by Gasteiger charge is -2.31. The van der Waals surface area contributed by atoms with Gasteiger partial charge in [0.15, 0.2) is 0 Å². The topological polar surface area (TPSA) is 505 Å². The molecule has 502 valence electrons. The fraction of sp³-hybridized carbons (Fsp3) is 0.600. The number of carbonyl (C=O) groups is 13. The van der Waals surface area contributed by atoms with Gasteiger partial charge in [0.05, 0.1) is 32.1 Å². The van der Waals surface area contributed by atoms with Crippen molar-refractivity contribution in [1.82, 2.24) is 73.4 Å². The van der Waals surface area contributed by atoms with Crippen molar-refractivity contribution in [2.45, 2.75) is 139 Å². The average Bonchev–Trinajstić information content (AvgIpc) is 1.80. The quantitative estimate of drug-likeness (QED) is 0.0489. The summed E-state index contributed by atoms with van der Waals surface area (Å²) in [7, 11) is 3.69. The first-order chi connectivity index (χ1) is 43.3. The maximum absolute atomic E-state index is 14.9. The number of fused-ring (bicyclic) bond motifs is 6. The highest BCUT2D eigenvalue weighted by Gasteiger charge is 2.44. The molecule has 3 saturated heterocycles. The van der Waals surface area contributed by atoms with Gasteiger partial charge < -0.3 is 95.8 Å². The van der Waals surface area contributed by atoms with E-state index in [1.165, 1.54) is 36.8 Å². The molecular weight excluding hydrogens is 1270 g/mol. The number of nitrogens with zero attached hydrogens (tertiary/aromatic N) is 2. The van der Waals surface area contributed by atoms with Crippen molar-refractivity contribution in [3.8, 4) is 5.75 Å². The Morgan fingerprint density at radius 3 is 1.97 bits per heavy atom. The second-order valence-electron chi connectivity index (χ2n) is 22.5. The zero-order valence-corrected chi connectivity index (χ0v) is 54.0. The smallest absolute Gasteiger partial charge is 0.246 e. The van der Waals surface area contributed by atoms with E-state index < -0.39 is 175 Å². The molecule has 0 unspecified atom stereocenters. The normalized spacial score (nSPS) is 25.4. The molecule has 2 bridgehead atoms. The lowest BCUT2D eigenvalue weighted by Crippen LogP contribution is -2.61. The van der Waals surface area contributed by atoms with Crippen LogP contribution in [0.4, 0.5) is 0 Å². The van der Waals surface area contributed by atoms with Crippen molar-refractivity contribution < 1.29 is 72.5 Å². The van der Waals surface area contributed by atoms with E-state index in [9.17, 15) is 72.5 Å². The standard InChI is InChI=1S/C55H83N17O15S4/c1-27(2)13-34-49(81)69-39-24-91-89-23-38(47(79)61-20-43(76)63-35(14-29-8-10-31(73)11-9-29)50(82)64-33(48(80)65-34)7-5-6-12-56)68-52(84)40(70-54(86)45(28(3)4)71-44(77)19-60-42(75)17-57)25-90-88-22-37(46(58)78)67-53(85)41-16-32(74)21-72(41)55(87)36(66-51(39)83)15-30-18-59-26-62-30/h8-11,18,26-28,32-41,45,73-74H,5-7,12-17,19-25,56-57H2,1-4H3,(H2,58,78)(H,59,62)(H,60,75)(H,61,79)(H,63,76)(H,64,82)(H,65,80)(H,66,83)(H,67,85)(H,68,84)(H,69,81)(H,70,86)(H,71,77)/t32-,33+,34+,35+,36+,37+,38+,39+,40+,41+,45+/m1/s1. The fourth-order valence-corrected chi connectivity index (χ4v) is 14.2. The van der Waals surface area contributed by atoms with Crippen molar-refractivity contribution in [2.24, 2.45) is 29.0 Å². The van der Waals surface area contributed by atoms with Crippen LogP contribution in [0.2, 0.25) is 0 Å². The first kappa shape index (κ1) is 74.3. The number of phenols is 1. The molecule has 13 amide bonds. The van der Waals surface area contributed by atoms with Crippen LogP contribution in [0.3, 0.4) is 0 Å². The Morgan fingerprint density at radius 1 is 0.703 bits per heavy atom. The van der Waals surface area contributed by atoms with Gasteiger partial charge >= 0.3 is 0 Å². The number of unbranched alkanes of at least 4 members (excludes halogenated alkanes) is 1. The summed E-state index contributed by atoms with van der Waals surface area (Å²) in [5.41, 5.74) is 17.8. The first-order valence-corrected chi connectivity index (χ1v) is 34.4. The van der Waals surface area contributed by atoms with Crippen LogP contribution in [-0.4, -0.2) is 224 Å². The van der Waals surface area contributed by atoms with Gasteiger partial charge in [-0.05, 0) is 61.8 Å². The number of nitrogens with two attached hydrogens (primary N) is 3. The second-order valence-corrected chi connectivity index (χ2v) is 27.6.